The van der Waals surface area contributed by atoms with Gasteiger partial charge >= 0.3 is 5.97 Å². The number of ether oxygens (including phenoxy) is 1. The maximum Gasteiger partial charge on any atom is 0.329 e. The highest BCUT2D eigenvalue weighted by molar-refractivity contribution is 5.89. The zero-order valence-electron chi connectivity index (χ0n) is 11.6. The molecule has 0 aromatic carbocycles. The van der Waals surface area contributed by atoms with Crippen molar-refractivity contribution in [3.05, 3.63) is 0 Å². The second-order valence-electron chi connectivity index (χ2n) is 4.69. The number of carboxylic acids is 1. The van der Waals surface area contributed by atoms with Crippen LogP contribution in [0, 0.1) is 0 Å². The van der Waals surface area contributed by atoms with Crippen LogP contribution in [0.4, 0.5) is 0 Å². The van der Waals surface area contributed by atoms with Gasteiger partial charge < -0.3 is 20.5 Å². The Hall–Kier alpha value is -1.14. The standard InChI is InChI=1S/C12H24N2O4/c1-5-14(12(2,3)11(16)17)10(15)9(13)7-6-8-18-4/h9H,5-8,13H2,1-4H3,(H,16,17). The van der Waals surface area contributed by atoms with Crippen molar-refractivity contribution in [2.75, 3.05) is 20.3 Å². The minimum Gasteiger partial charge on any atom is -0.480 e. The lowest BCUT2D eigenvalue weighted by Crippen LogP contribution is -2.57. The molecule has 0 aliphatic rings. The quantitative estimate of drug-likeness (QED) is 0.618. The molecule has 3 N–H and O–H groups in total. The van der Waals surface area contributed by atoms with Crippen molar-refractivity contribution < 1.29 is 19.4 Å². The molecule has 0 aliphatic heterocycles. The van der Waals surface area contributed by atoms with E-state index in [1.165, 1.54) is 18.7 Å². The van der Waals surface area contributed by atoms with E-state index in [-0.39, 0.29) is 5.91 Å². The van der Waals surface area contributed by atoms with Crippen LogP contribution >= 0.6 is 0 Å². The number of nitrogens with two attached hydrogens (primary N) is 1. The molecule has 0 saturated carbocycles. The largest absolute Gasteiger partial charge is 0.480 e. The Balaban J connectivity index is 4.66. The summed E-state index contributed by atoms with van der Waals surface area (Å²) in [5.74, 6) is -1.37. The zero-order chi connectivity index (χ0) is 14.3. The Bertz CT molecular complexity index is 292. The van der Waals surface area contributed by atoms with Crippen molar-refractivity contribution in [3.8, 4) is 0 Å². The van der Waals surface area contributed by atoms with E-state index in [0.717, 1.165) is 0 Å². The molecule has 0 aromatic rings. The van der Waals surface area contributed by atoms with Crippen molar-refractivity contribution in [3.63, 3.8) is 0 Å². The SMILES string of the molecule is CCN(C(=O)C(N)CCCOC)C(C)(C)C(=O)O. The topological polar surface area (TPSA) is 92.9 Å². The summed E-state index contributed by atoms with van der Waals surface area (Å²) in [6.45, 7) is 5.59. The summed E-state index contributed by atoms with van der Waals surface area (Å²) in [5.41, 5.74) is 4.55. The summed E-state index contributed by atoms with van der Waals surface area (Å²) in [7, 11) is 1.58. The van der Waals surface area contributed by atoms with Gasteiger partial charge in [0.1, 0.15) is 5.54 Å². The normalized spacial score (nSPS) is 13.2. The Kier molecular flexibility index (Phi) is 6.86. The number of hydrogen-bond acceptors (Lipinski definition) is 4. The van der Waals surface area contributed by atoms with Gasteiger partial charge in [-0.1, -0.05) is 0 Å². The molecule has 106 valence electrons. The Morgan fingerprint density at radius 3 is 2.39 bits per heavy atom. The van der Waals surface area contributed by atoms with Crippen LogP contribution < -0.4 is 5.73 Å². The second-order valence-corrected chi connectivity index (χ2v) is 4.69. The summed E-state index contributed by atoms with van der Waals surface area (Å²) in [4.78, 5) is 24.6. The molecule has 0 rings (SSSR count). The van der Waals surface area contributed by atoms with Crippen LogP contribution in [0.2, 0.25) is 0 Å². The highest BCUT2D eigenvalue weighted by Gasteiger charge is 2.38. The fourth-order valence-electron chi connectivity index (χ4n) is 1.71. The van der Waals surface area contributed by atoms with E-state index in [0.29, 0.717) is 26.0 Å². The fourth-order valence-corrected chi connectivity index (χ4v) is 1.71. The number of hydrogen-bond donors (Lipinski definition) is 2. The first-order valence-electron chi connectivity index (χ1n) is 6.08. The molecule has 0 aliphatic carbocycles. The van der Waals surface area contributed by atoms with Gasteiger partial charge in [0.05, 0.1) is 6.04 Å². The molecule has 1 atom stereocenters. The molecule has 6 nitrogen and oxygen atoms in total. The van der Waals surface area contributed by atoms with Gasteiger partial charge in [-0.2, -0.15) is 0 Å². The third-order valence-electron chi connectivity index (χ3n) is 2.96. The first kappa shape index (κ1) is 16.9. The number of methoxy groups -OCH3 is 1. The average molecular weight is 260 g/mol. The van der Waals surface area contributed by atoms with Gasteiger partial charge in [-0.15, -0.1) is 0 Å². The van der Waals surface area contributed by atoms with Gasteiger partial charge in [-0.3, -0.25) is 4.79 Å². The molecule has 0 bridgehead atoms. The van der Waals surface area contributed by atoms with E-state index in [2.05, 4.69) is 0 Å². The molecular weight excluding hydrogens is 236 g/mol. The van der Waals surface area contributed by atoms with Crippen LogP contribution in [0.25, 0.3) is 0 Å². The van der Waals surface area contributed by atoms with Gasteiger partial charge in [-0.25, -0.2) is 4.79 Å². The van der Waals surface area contributed by atoms with Gasteiger partial charge in [0.15, 0.2) is 0 Å². The van der Waals surface area contributed by atoms with Crippen molar-refractivity contribution in [2.24, 2.45) is 5.73 Å². The number of carboxylic acid groups (broad SMARTS) is 1. The van der Waals surface area contributed by atoms with E-state index in [9.17, 15) is 9.59 Å². The highest BCUT2D eigenvalue weighted by atomic mass is 16.5. The van der Waals surface area contributed by atoms with Crippen molar-refractivity contribution in [1.29, 1.82) is 0 Å². The molecule has 6 heteroatoms. The molecule has 0 aromatic heterocycles. The average Bonchev–Trinajstić information content (AvgIpc) is 2.29. The molecule has 0 fully saturated rings. The van der Waals surface area contributed by atoms with Gasteiger partial charge in [-0.05, 0) is 33.6 Å². The predicted octanol–water partition coefficient (Wildman–Crippen LogP) is 0.452. The second kappa shape index (κ2) is 7.33. The third kappa shape index (κ3) is 4.27. The first-order chi connectivity index (χ1) is 8.28. The third-order valence-corrected chi connectivity index (χ3v) is 2.96. The number of amides is 1. The number of carbonyl (C=O) groups is 2. The zero-order valence-corrected chi connectivity index (χ0v) is 11.6. The molecule has 0 spiro atoms. The lowest BCUT2D eigenvalue weighted by Gasteiger charge is -2.35. The van der Waals surface area contributed by atoms with E-state index in [1.807, 2.05) is 0 Å². The molecule has 0 radical (unpaired) electrons. The van der Waals surface area contributed by atoms with E-state index < -0.39 is 17.6 Å². The Morgan fingerprint density at radius 1 is 1.44 bits per heavy atom. The number of likely N-dealkylation sites (N-methyl/N-ethyl adjacent to an activating group) is 1. The molecule has 0 saturated heterocycles. The van der Waals surface area contributed by atoms with Crippen LogP contribution in [-0.2, 0) is 14.3 Å². The molecule has 0 heterocycles. The summed E-state index contributed by atoms with van der Waals surface area (Å²) < 4.78 is 4.89. The molecule has 1 unspecified atom stereocenters. The molecule has 18 heavy (non-hydrogen) atoms. The summed E-state index contributed by atoms with van der Waals surface area (Å²) in [6, 6.07) is -0.682. The maximum absolute atomic E-state index is 12.1. The van der Waals surface area contributed by atoms with Gasteiger partial charge in [0.2, 0.25) is 5.91 Å². The van der Waals surface area contributed by atoms with E-state index >= 15 is 0 Å². The van der Waals surface area contributed by atoms with E-state index in [1.54, 1.807) is 14.0 Å². The van der Waals surface area contributed by atoms with Crippen LogP contribution in [0.1, 0.15) is 33.6 Å². The summed E-state index contributed by atoms with van der Waals surface area (Å²) in [6.07, 6.45) is 1.16. The monoisotopic (exact) mass is 260 g/mol. The molecule has 1 amide bonds. The highest BCUT2D eigenvalue weighted by Crippen LogP contribution is 2.16. The lowest BCUT2D eigenvalue weighted by molar-refractivity contribution is -0.157. The number of aliphatic carboxylic acids is 1. The fraction of sp³-hybridized carbons (Fsp3) is 0.833. The first-order valence-corrected chi connectivity index (χ1v) is 6.08. The van der Waals surface area contributed by atoms with Crippen molar-refractivity contribution in [1.82, 2.24) is 4.90 Å². The minimum atomic E-state index is -1.25. The number of rotatable bonds is 8. The minimum absolute atomic E-state index is 0.316. The van der Waals surface area contributed by atoms with Crippen LogP contribution in [-0.4, -0.2) is 53.7 Å². The van der Waals surface area contributed by atoms with Crippen LogP contribution in [0.3, 0.4) is 0 Å². The van der Waals surface area contributed by atoms with Crippen LogP contribution in [0.15, 0.2) is 0 Å². The van der Waals surface area contributed by atoms with E-state index in [4.69, 9.17) is 15.6 Å². The number of carbonyl (C=O) groups excluding carboxylic acids is 1. The Morgan fingerprint density at radius 2 is 2.00 bits per heavy atom. The van der Waals surface area contributed by atoms with Gasteiger partial charge in [0, 0.05) is 20.3 Å². The summed E-state index contributed by atoms with van der Waals surface area (Å²) >= 11 is 0. The van der Waals surface area contributed by atoms with Crippen molar-refractivity contribution in [2.45, 2.75) is 45.2 Å². The lowest BCUT2D eigenvalue weighted by atomic mass is 10.0. The molecular formula is C12H24N2O4. The Labute approximate surface area is 108 Å². The van der Waals surface area contributed by atoms with Gasteiger partial charge in [0.25, 0.3) is 0 Å². The maximum atomic E-state index is 12.1. The number of nitrogens with zero attached hydrogens (tertiary/aromatic N) is 1. The summed E-state index contributed by atoms with van der Waals surface area (Å²) in [5, 5.41) is 9.13. The van der Waals surface area contributed by atoms with Crippen LogP contribution in [0.5, 0.6) is 0 Å². The smallest absolute Gasteiger partial charge is 0.329 e. The van der Waals surface area contributed by atoms with Crippen molar-refractivity contribution >= 4 is 11.9 Å². The predicted molar refractivity (Wildman–Crippen MR) is 68.2 cm³/mol.